The SMILES string of the molecule is Cc1cc(=O)n(CC(=O)Nc2cccc(Cl)c2)c2c1c(C)nn2-c1ccccc1. The molecule has 4 aromatic rings. The zero-order valence-electron chi connectivity index (χ0n) is 16.0. The molecule has 2 aromatic heterocycles. The zero-order valence-corrected chi connectivity index (χ0v) is 16.8. The van der Waals surface area contributed by atoms with Gasteiger partial charge in [0.2, 0.25) is 5.91 Å². The number of carbonyl (C=O) groups is 1. The van der Waals surface area contributed by atoms with E-state index in [1.165, 1.54) is 4.57 Å². The number of halogens is 1. The van der Waals surface area contributed by atoms with E-state index in [4.69, 9.17) is 11.6 Å². The van der Waals surface area contributed by atoms with Crippen LogP contribution >= 0.6 is 11.6 Å². The Hall–Kier alpha value is -3.38. The van der Waals surface area contributed by atoms with Crippen molar-refractivity contribution < 1.29 is 4.79 Å². The van der Waals surface area contributed by atoms with Gasteiger partial charge in [-0.1, -0.05) is 35.9 Å². The lowest BCUT2D eigenvalue weighted by molar-refractivity contribution is -0.116. The molecule has 0 aliphatic heterocycles. The van der Waals surface area contributed by atoms with Gasteiger partial charge in [0.05, 0.1) is 11.4 Å². The van der Waals surface area contributed by atoms with E-state index >= 15 is 0 Å². The minimum absolute atomic E-state index is 0.139. The number of fused-ring (bicyclic) bond motifs is 1. The summed E-state index contributed by atoms with van der Waals surface area (Å²) >= 11 is 5.98. The van der Waals surface area contributed by atoms with E-state index in [9.17, 15) is 9.59 Å². The molecule has 29 heavy (non-hydrogen) atoms. The first-order chi connectivity index (χ1) is 13.9. The first kappa shape index (κ1) is 19.0. The number of para-hydroxylation sites is 1. The van der Waals surface area contributed by atoms with Crippen LogP contribution in [0, 0.1) is 13.8 Å². The van der Waals surface area contributed by atoms with Gasteiger partial charge in [0.25, 0.3) is 5.56 Å². The summed E-state index contributed by atoms with van der Waals surface area (Å²) in [7, 11) is 0. The average Bonchev–Trinajstić information content (AvgIpc) is 3.03. The van der Waals surface area contributed by atoms with Crippen molar-refractivity contribution in [1.29, 1.82) is 0 Å². The molecule has 0 saturated carbocycles. The second-order valence-electron chi connectivity index (χ2n) is 6.84. The number of benzene rings is 2. The molecule has 0 fully saturated rings. The molecule has 0 bridgehead atoms. The number of hydrogen-bond acceptors (Lipinski definition) is 3. The van der Waals surface area contributed by atoms with Gasteiger partial charge in [0, 0.05) is 22.2 Å². The van der Waals surface area contributed by atoms with Gasteiger partial charge in [-0.05, 0) is 49.7 Å². The highest BCUT2D eigenvalue weighted by molar-refractivity contribution is 6.30. The van der Waals surface area contributed by atoms with Crippen LogP contribution in [-0.2, 0) is 11.3 Å². The average molecular weight is 407 g/mol. The van der Waals surface area contributed by atoms with Gasteiger partial charge < -0.3 is 5.32 Å². The van der Waals surface area contributed by atoms with Crippen LogP contribution in [0.25, 0.3) is 16.7 Å². The standard InChI is InChI=1S/C22H19ClN4O2/c1-14-11-20(29)26(13-19(28)24-17-8-6-7-16(23)12-17)22-21(14)15(2)25-27(22)18-9-4-3-5-10-18/h3-12H,13H2,1-2H3,(H,24,28). The maximum absolute atomic E-state index is 12.8. The van der Waals surface area contributed by atoms with Gasteiger partial charge in [-0.3, -0.25) is 14.2 Å². The molecule has 2 aromatic carbocycles. The highest BCUT2D eigenvalue weighted by atomic mass is 35.5. The quantitative estimate of drug-likeness (QED) is 0.554. The molecule has 0 atom stereocenters. The summed E-state index contributed by atoms with van der Waals surface area (Å²) in [5.74, 6) is -0.321. The van der Waals surface area contributed by atoms with Crippen LogP contribution in [0.5, 0.6) is 0 Å². The fourth-order valence-corrected chi connectivity index (χ4v) is 3.67. The monoisotopic (exact) mass is 406 g/mol. The molecule has 0 spiro atoms. The Morgan fingerprint density at radius 3 is 2.55 bits per heavy atom. The molecule has 0 aliphatic rings. The largest absolute Gasteiger partial charge is 0.324 e. The van der Waals surface area contributed by atoms with Crippen LogP contribution in [-0.4, -0.2) is 20.3 Å². The van der Waals surface area contributed by atoms with E-state index in [1.807, 2.05) is 44.2 Å². The van der Waals surface area contributed by atoms with E-state index in [0.717, 1.165) is 22.3 Å². The fraction of sp³-hybridized carbons (Fsp3) is 0.136. The molecular formula is C22H19ClN4O2. The number of nitrogens with one attached hydrogen (secondary N) is 1. The highest BCUT2D eigenvalue weighted by Gasteiger charge is 2.18. The number of carbonyl (C=O) groups excluding carboxylic acids is 1. The molecule has 2 heterocycles. The van der Waals surface area contributed by atoms with Gasteiger partial charge in [-0.15, -0.1) is 0 Å². The number of aromatic nitrogens is 3. The summed E-state index contributed by atoms with van der Waals surface area (Å²) in [5.41, 5.74) is 3.36. The number of rotatable bonds is 4. The first-order valence-corrected chi connectivity index (χ1v) is 9.52. The zero-order chi connectivity index (χ0) is 20.5. The van der Waals surface area contributed by atoms with E-state index in [-0.39, 0.29) is 18.0 Å². The number of amides is 1. The minimum atomic E-state index is -0.321. The third-order valence-corrected chi connectivity index (χ3v) is 4.94. The number of hydrogen-bond donors (Lipinski definition) is 1. The molecular weight excluding hydrogens is 388 g/mol. The fourth-order valence-electron chi connectivity index (χ4n) is 3.48. The summed E-state index contributed by atoms with van der Waals surface area (Å²) in [6, 6.07) is 18.0. The van der Waals surface area contributed by atoms with Crippen molar-refractivity contribution in [3.8, 4) is 5.69 Å². The van der Waals surface area contributed by atoms with Gasteiger partial charge in [0.15, 0.2) is 0 Å². The number of nitrogens with zero attached hydrogens (tertiary/aromatic N) is 3. The van der Waals surface area contributed by atoms with E-state index in [2.05, 4.69) is 10.4 Å². The molecule has 1 amide bonds. The Bertz CT molecular complexity index is 1280. The van der Waals surface area contributed by atoms with Crippen LogP contribution in [0.4, 0.5) is 5.69 Å². The van der Waals surface area contributed by atoms with Crippen molar-refractivity contribution in [2.75, 3.05) is 5.32 Å². The van der Waals surface area contributed by atoms with Crippen molar-refractivity contribution >= 4 is 34.2 Å². The minimum Gasteiger partial charge on any atom is -0.324 e. The van der Waals surface area contributed by atoms with E-state index in [1.54, 1.807) is 35.0 Å². The smallest absolute Gasteiger partial charge is 0.252 e. The molecule has 0 unspecified atom stereocenters. The Morgan fingerprint density at radius 2 is 1.83 bits per heavy atom. The summed E-state index contributed by atoms with van der Waals surface area (Å²) in [6.45, 7) is 3.64. The Kier molecular flexibility index (Phi) is 4.94. The topological polar surface area (TPSA) is 68.9 Å². The van der Waals surface area contributed by atoms with Crippen molar-refractivity contribution in [3.63, 3.8) is 0 Å². The first-order valence-electron chi connectivity index (χ1n) is 9.14. The van der Waals surface area contributed by atoms with Crippen LogP contribution in [0.3, 0.4) is 0 Å². The predicted octanol–water partition coefficient (Wildman–Crippen LogP) is 4.10. The van der Waals surface area contributed by atoms with Gasteiger partial charge >= 0.3 is 0 Å². The van der Waals surface area contributed by atoms with Crippen LogP contribution in [0.2, 0.25) is 5.02 Å². The normalized spacial score (nSPS) is 11.0. The number of aryl methyl sites for hydroxylation is 2. The van der Waals surface area contributed by atoms with Crippen molar-refractivity contribution in [1.82, 2.24) is 14.3 Å². The molecule has 0 radical (unpaired) electrons. The third-order valence-electron chi connectivity index (χ3n) is 4.70. The molecule has 0 aliphatic carbocycles. The highest BCUT2D eigenvalue weighted by Crippen LogP contribution is 2.24. The summed E-state index contributed by atoms with van der Waals surface area (Å²) in [5, 5.41) is 8.81. The Morgan fingerprint density at radius 1 is 1.07 bits per heavy atom. The molecule has 7 heteroatoms. The number of anilines is 1. The maximum atomic E-state index is 12.8. The van der Waals surface area contributed by atoms with Gasteiger partial charge in [0.1, 0.15) is 12.2 Å². The Balaban J connectivity index is 1.81. The molecule has 146 valence electrons. The lowest BCUT2D eigenvalue weighted by Gasteiger charge is -2.12. The molecule has 6 nitrogen and oxygen atoms in total. The maximum Gasteiger partial charge on any atom is 0.252 e. The molecule has 4 rings (SSSR count). The van der Waals surface area contributed by atoms with Crippen LogP contribution < -0.4 is 10.9 Å². The van der Waals surface area contributed by atoms with Gasteiger partial charge in [-0.25, -0.2) is 4.68 Å². The Labute approximate surface area is 172 Å². The van der Waals surface area contributed by atoms with Crippen molar-refractivity contribution in [2.45, 2.75) is 20.4 Å². The lowest BCUT2D eigenvalue weighted by atomic mass is 10.1. The predicted molar refractivity (Wildman–Crippen MR) is 115 cm³/mol. The summed E-state index contributed by atoms with van der Waals surface area (Å²) in [4.78, 5) is 25.5. The molecule has 0 saturated heterocycles. The second kappa shape index (κ2) is 7.56. The van der Waals surface area contributed by atoms with E-state index < -0.39 is 0 Å². The second-order valence-corrected chi connectivity index (χ2v) is 7.28. The third kappa shape index (κ3) is 3.67. The molecule has 1 N–H and O–H groups in total. The van der Waals surface area contributed by atoms with Gasteiger partial charge in [-0.2, -0.15) is 5.10 Å². The van der Waals surface area contributed by atoms with Crippen molar-refractivity contribution in [3.05, 3.63) is 87.3 Å². The number of pyridine rings is 1. The van der Waals surface area contributed by atoms with Crippen LogP contribution in [0.15, 0.2) is 65.5 Å². The lowest BCUT2D eigenvalue weighted by Crippen LogP contribution is -2.29. The van der Waals surface area contributed by atoms with Crippen LogP contribution in [0.1, 0.15) is 11.3 Å². The summed E-state index contributed by atoms with van der Waals surface area (Å²) in [6.07, 6.45) is 0. The van der Waals surface area contributed by atoms with Crippen molar-refractivity contribution in [2.24, 2.45) is 0 Å². The summed E-state index contributed by atoms with van der Waals surface area (Å²) < 4.78 is 3.17. The van der Waals surface area contributed by atoms with E-state index in [0.29, 0.717) is 16.4 Å².